The predicted octanol–water partition coefficient (Wildman–Crippen LogP) is 2.36. The Kier molecular flexibility index (Phi) is 4.78. The summed E-state index contributed by atoms with van der Waals surface area (Å²) in [5.41, 5.74) is 5.61. The molecule has 0 unspecified atom stereocenters. The van der Waals surface area contributed by atoms with Gasteiger partial charge in [0.15, 0.2) is 5.82 Å². The zero-order chi connectivity index (χ0) is 22.6. The minimum Gasteiger partial charge on any atom is -0.383 e. The first-order valence-electron chi connectivity index (χ1n) is 9.10. The molecule has 12 heteroatoms. The fourth-order valence-electron chi connectivity index (χ4n) is 3.57. The van der Waals surface area contributed by atoms with E-state index in [2.05, 4.69) is 20.5 Å². The molecule has 0 atom stereocenters. The first-order chi connectivity index (χ1) is 14.5. The quantitative estimate of drug-likeness (QED) is 0.561. The second kappa shape index (κ2) is 7.10. The minimum atomic E-state index is -4.27. The average molecular weight is 448 g/mol. The molecule has 0 fully saturated rings. The fourth-order valence-corrected chi connectivity index (χ4v) is 5.34. The Hall–Kier alpha value is -3.38. The lowest BCUT2D eigenvalue weighted by Gasteiger charge is -2.30. The zero-order valence-electron chi connectivity index (χ0n) is 16.5. The van der Waals surface area contributed by atoms with Crippen LogP contribution in [0.2, 0.25) is 0 Å². The molecular weight excluding hydrogens is 430 g/mol. The molecule has 1 aromatic carbocycles. The van der Waals surface area contributed by atoms with Crippen LogP contribution in [0.5, 0.6) is 0 Å². The average Bonchev–Trinajstić information content (AvgIpc) is 3.20. The van der Waals surface area contributed by atoms with E-state index in [9.17, 15) is 22.0 Å². The van der Waals surface area contributed by atoms with Gasteiger partial charge in [0.25, 0.3) is 5.91 Å². The summed E-state index contributed by atoms with van der Waals surface area (Å²) in [6.07, 6.45) is 1.44. The highest BCUT2D eigenvalue weighted by Gasteiger charge is 2.48. The number of nitrogens with two attached hydrogens (primary N) is 1. The Morgan fingerprint density at radius 1 is 1.26 bits per heavy atom. The van der Waals surface area contributed by atoms with E-state index in [4.69, 9.17) is 5.73 Å². The van der Waals surface area contributed by atoms with Crippen molar-refractivity contribution in [3.8, 4) is 0 Å². The van der Waals surface area contributed by atoms with Gasteiger partial charge in [0.2, 0.25) is 10.0 Å². The molecule has 4 rings (SSSR count). The van der Waals surface area contributed by atoms with Crippen molar-refractivity contribution < 1.29 is 22.0 Å². The summed E-state index contributed by atoms with van der Waals surface area (Å²) in [7, 11) is -4.27. The SMILES string of the molecule is CC1(C)c2[nH]nc(NC(=O)c3cccnc3N)c2CN1S(=O)(=O)c1cc(F)cc(F)c1. The summed E-state index contributed by atoms with van der Waals surface area (Å²) < 4.78 is 54.7. The van der Waals surface area contributed by atoms with E-state index in [1.807, 2.05) is 0 Å². The highest BCUT2D eigenvalue weighted by atomic mass is 32.2. The van der Waals surface area contributed by atoms with Gasteiger partial charge in [0, 0.05) is 24.4 Å². The number of amides is 1. The van der Waals surface area contributed by atoms with Gasteiger partial charge in [-0.3, -0.25) is 9.89 Å². The van der Waals surface area contributed by atoms with E-state index in [0.29, 0.717) is 17.3 Å². The molecule has 0 aliphatic carbocycles. The van der Waals surface area contributed by atoms with Crippen LogP contribution in [0.4, 0.5) is 20.4 Å². The van der Waals surface area contributed by atoms with E-state index in [0.717, 1.165) is 16.4 Å². The number of nitrogen functional groups attached to an aromatic ring is 1. The number of H-pyrrole nitrogens is 1. The largest absolute Gasteiger partial charge is 0.383 e. The van der Waals surface area contributed by atoms with Gasteiger partial charge in [-0.2, -0.15) is 9.40 Å². The van der Waals surface area contributed by atoms with E-state index in [-0.39, 0.29) is 23.7 Å². The molecule has 4 N–H and O–H groups in total. The normalized spacial score (nSPS) is 15.6. The molecule has 0 radical (unpaired) electrons. The van der Waals surface area contributed by atoms with Crippen LogP contribution >= 0.6 is 0 Å². The van der Waals surface area contributed by atoms with Gasteiger partial charge < -0.3 is 11.1 Å². The zero-order valence-corrected chi connectivity index (χ0v) is 17.3. The van der Waals surface area contributed by atoms with Gasteiger partial charge in [0.05, 0.1) is 21.7 Å². The van der Waals surface area contributed by atoms with Crippen LogP contribution in [0, 0.1) is 11.6 Å². The van der Waals surface area contributed by atoms with Gasteiger partial charge in [-0.15, -0.1) is 0 Å². The smallest absolute Gasteiger partial charge is 0.260 e. The molecule has 162 valence electrons. The Bertz CT molecular complexity index is 1290. The number of pyridine rings is 1. The highest BCUT2D eigenvalue weighted by Crippen LogP contribution is 2.43. The number of rotatable bonds is 4. The number of nitrogens with zero attached hydrogens (tertiary/aromatic N) is 3. The van der Waals surface area contributed by atoms with E-state index < -0.39 is 38.0 Å². The van der Waals surface area contributed by atoms with Gasteiger partial charge in [0.1, 0.15) is 17.5 Å². The highest BCUT2D eigenvalue weighted by molar-refractivity contribution is 7.89. The summed E-state index contributed by atoms with van der Waals surface area (Å²) >= 11 is 0. The molecule has 1 aliphatic heterocycles. The maximum atomic E-state index is 13.6. The van der Waals surface area contributed by atoms with Crippen molar-refractivity contribution in [3.63, 3.8) is 0 Å². The van der Waals surface area contributed by atoms with Gasteiger partial charge in [-0.25, -0.2) is 22.2 Å². The lowest BCUT2D eigenvalue weighted by Crippen LogP contribution is -2.40. The first kappa shape index (κ1) is 20.9. The van der Waals surface area contributed by atoms with Crippen LogP contribution in [-0.2, 0) is 22.1 Å². The van der Waals surface area contributed by atoms with Crippen molar-refractivity contribution in [1.29, 1.82) is 0 Å². The molecule has 1 amide bonds. The van der Waals surface area contributed by atoms with Gasteiger partial charge in [-0.1, -0.05) is 0 Å². The molecular formula is C19H18F2N6O3S. The third-order valence-electron chi connectivity index (χ3n) is 5.14. The molecule has 2 aromatic heterocycles. The third kappa shape index (κ3) is 3.43. The van der Waals surface area contributed by atoms with E-state index in [1.165, 1.54) is 12.3 Å². The maximum Gasteiger partial charge on any atom is 0.260 e. The van der Waals surface area contributed by atoms with Crippen LogP contribution in [0.3, 0.4) is 0 Å². The fraction of sp³-hybridized carbons (Fsp3) is 0.211. The number of aromatic amines is 1. The first-order valence-corrected chi connectivity index (χ1v) is 10.5. The number of nitrogens with one attached hydrogen (secondary N) is 2. The lowest BCUT2D eigenvalue weighted by molar-refractivity contribution is 0.102. The van der Waals surface area contributed by atoms with Gasteiger partial charge >= 0.3 is 0 Å². The molecule has 3 heterocycles. The van der Waals surface area contributed by atoms with Crippen molar-refractivity contribution in [2.75, 3.05) is 11.1 Å². The number of aromatic nitrogens is 3. The number of halogens is 2. The van der Waals surface area contributed by atoms with E-state index in [1.54, 1.807) is 19.9 Å². The number of hydrogen-bond acceptors (Lipinski definition) is 6. The summed E-state index contributed by atoms with van der Waals surface area (Å²) in [6.45, 7) is 3.07. The molecule has 0 saturated heterocycles. The van der Waals surface area contributed by atoms with Gasteiger partial charge in [-0.05, 0) is 38.1 Å². The third-order valence-corrected chi connectivity index (χ3v) is 7.14. The molecule has 0 spiro atoms. The molecule has 31 heavy (non-hydrogen) atoms. The number of fused-ring (bicyclic) bond motifs is 1. The Morgan fingerprint density at radius 2 is 1.94 bits per heavy atom. The Labute approximate surface area is 176 Å². The van der Waals surface area contributed by atoms with Crippen LogP contribution in [0.1, 0.15) is 35.5 Å². The number of sulfonamides is 1. The summed E-state index contributed by atoms with van der Waals surface area (Å²) in [5, 5.41) is 9.45. The number of carbonyl (C=O) groups excluding carboxylic acids is 1. The summed E-state index contributed by atoms with van der Waals surface area (Å²) in [5.74, 6) is -2.41. The molecule has 3 aromatic rings. The number of carbonyl (C=O) groups is 1. The summed E-state index contributed by atoms with van der Waals surface area (Å²) in [4.78, 5) is 15.9. The Morgan fingerprint density at radius 3 is 2.58 bits per heavy atom. The molecule has 1 aliphatic rings. The second-order valence-electron chi connectivity index (χ2n) is 7.49. The van der Waals surface area contributed by atoms with Crippen molar-refractivity contribution in [1.82, 2.24) is 19.5 Å². The molecule has 0 saturated carbocycles. The number of benzene rings is 1. The summed E-state index contributed by atoms with van der Waals surface area (Å²) in [6, 6.07) is 5.15. The van der Waals surface area contributed by atoms with Crippen molar-refractivity contribution in [2.45, 2.75) is 30.8 Å². The monoisotopic (exact) mass is 448 g/mol. The number of anilines is 2. The topological polar surface area (TPSA) is 134 Å². The van der Waals surface area contributed by atoms with Crippen molar-refractivity contribution in [2.24, 2.45) is 0 Å². The second-order valence-corrected chi connectivity index (χ2v) is 9.35. The van der Waals surface area contributed by atoms with E-state index >= 15 is 0 Å². The molecule has 9 nitrogen and oxygen atoms in total. The van der Waals surface area contributed by atoms with Crippen LogP contribution < -0.4 is 11.1 Å². The number of hydrogen-bond donors (Lipinski definition) is 3. The maximum absolute atomic E-state index is 13.6. The van der Waals surface area contributed by atoms with Crippen LogP contribution in [-0.4, -0.2) is 33.8 Å². The standard InChI is InChI=1S/C19H18F2N6O3S/c1-19(2)15-14(9-27(19)31(29,30)12-7-10(20)6-11(21)8-12)17(26-25-15)24-18(28)13-4-3-5-23-16(13)22/h3-8H,9H2,1-2H3,(H2,22,23)(H2,24,25,26,28). The Balaban J connectivity index is 1.68. The predicted molar refractivity (Wildman–Crippen MR) is 107 cm³/mol. The van der Waals surface area contributed by atoms with Crippen LogP contribution in [0.25, 0.3) is 0 Å². The van der Waals surface area contributed by atoms with Crippen LogP contribution in [0.15, 0.2) is 41.4 Å². The van der Waals surface area contributed by atoms with Crippen molar-refractivity contribution in [3.05, 3.63) is 65.0 Å². The van der Waals surface area contributed by atoms with Crippen molar-refractivity contribution >= 4 is 27.6 Å². The molecule has 0 bridgehead atoms. The minimum absolute atomic E-state index is 0.0323. The lowest BCUT2D eigenvalue weighted by atomic mass is 10.0.